The van der Waals surface area contributed by atoms with Gasteiger partial charge in [-0.15, -0.1) is 0 Å². The van der Waals surface area contributed by atoms with Crippen molar-refractivity contribution in [1.29, 1.82) is 0 Å². The summed E-state index contributed by atoms with van der Waals surface area (Å²) in [6.45, 7) is 5.33. The molecule has 0 aromatic carbocycles. The molecule has 0 fully saturated rings. The van der Waals surface area contributed by atoms with Gasteiger partial charge in [0.2, 0.25) is 0 Å². The van der Waals surface area contributed by atoms with Crippen LogP contribution in [-0.2, 0) is 19.1 Å². The molecule has 4 nitrogen and oxygen atoms in total. The quantitative estimate of drug-likeness (QED) is 0.381. The Labute approximate surface area is 89.6 Å². The Hall–Kier alpha value is -1.58. The lowest BCUT2D eigenvalue weighted by Gasteiger charge is -2.03. The molecule has 0 aliphatic heterocycles. The lowest BCUT2D eigenvalue weighted by Crippen LogP contribution is -2.02. The van der Waals surface area contributed by atoms with Gasteiger partial charge in [0.25, 0.3) is 0 Å². The Morgan fingerprint density at radius 3 is 2.60 bits per heavy atom. The number of methoxy groups -OCH3 is 1. The van der Waals surface area contributed by atoms with Crippen LogP contribution in [0.2, 0.25) is 0 Å². The van der Waals surface area contributed by atoms with Crippen molar-refractivity contribution in [2.45, 2.75) is 19.8 Å². The molecule has 4 heteroatoms. The molecular weight excluding hydrogens is 196 g/mol. The Kier molecular flexibility index (Phi) is 6.97. The van der Waals surface area contributed by atoms with E-state index in [1.165, 1.54) is 20.1 Å². The second-order valence-corrected chi connectivity index (χ2v) is 2.99. The first-order valence-corrected chi connectivity index (χ1v) is 4.60. The molecule has 0 aromatic heterocycles. The lowest BCUT2D eigenvalue weighted by molar-refractivity contribution is -0.140. The van der Waals surface area contributed by atoms with Crippen LogP contribution in [0.4, 0.5) is 0 Å². The summed E-state index contributed by atoms with van der Waals surface area (Å²) in [7, 11) is 1.33. The summed E-state index contributed by atoms with van der Waals surface area (Å²) >= 11 is 0. The van der Waals surface area contributed by atoms with Gasteiger partial charge in [0.15, 0.2) is 0 Å². The van der Waals surface area contributed by atoms with Crippen molar-refractivity contribution in [3.05, 3.63) is 24.3 Å². The summed E-state index contributed by atoms with van der Waals surface area (Å²) in [4.78, 5) is 21.1. The smallest absolute Gasteiger partial charge is 0.330 e. The molecule has 0 aromatic rings. The maximum absolute atomic E-state index is 10.7. The molecule has 0 saturated carbocycles. The molecule has 0 heterocycles. The van der Waals surface area contributed by atoms with Gasteiger partial charge in [-0.1, -0.05) is 12.7 Å². The first-order chi connectivity index (χ1) is 7.06. The molecule has 0 radical (unpaired) electrons. The Morgan fingerprint density at radius 2 is 2.07 bits per heavy atom. The third-order valence-electron chi connectivity index (χ3n) is 1.60. The highest BCUT2D eigenvalue weighted by atomic mass is 16.5. The monoisotopic (exact) mass is 212 g/mol. The average Bonchev–Trinajstić information content (AvgIpc) is 2.21. The van der Waals surface area contributed by atoms with E-state index >= 15 is 0 Å². The van der Waals surface area contributed by atoms with Gasteiger partial charge in [0.05, 0.1) is 7.11 Å². The molecule has 0 aliphatic rings. The van der Waals surface area contributed by atoms with E-state index in [9.17, 15) is 9.59 Å². The van der Waals surface area contributed by atoms with Gasteiger partial charge in [0, 0.05) is 13.0 Å². The summed E-state index contributed by atoms with van der Waals surface area (Å²) in [5.74, 6) is -0.693. The fourth-order valence-corrected chi connectivity index (χ4v) is 0.811. The van der Waals surface area contributed by atoms with Crippen molar-refractivity contribution in [2.75, 3.05) is 13.7 Å². The van der Waals surface area contributed by atoms with Crippen molar-refractivity contribution in [2.24, 2.45) is 0 Å². The fourth-order valence-electron chi connectivity index (χ4n) is 0.811. The van der Waals surface area contributed by atoms with Gasteiger partial charge in [-0.05, 0) is 18.4 Å². The third-order valence-corrected chi connectivity index (χ3v) is 1.60. The summed E-state index contributed by atoms with van der Waals surface area (Å²) in [5, 5.41) is 0. The second-order valence-electron chi connectivity index (χ2n) is 2.99. The minimum Gasteiger partial charge on any atom is -0.466 e. The standard InChI is InChI=1S/C11H16O4/c1-9(8-15-10(2)12)6-4-5-7-11(13)14-3/h5,7H,1,4,6,8H2,2-3H3/b7-5+. The maximum Gasteiger partial charge on any atom is 0.330 e. The zero-order valence-corrected chi connectivity index (χ0v) is 9.12. The van der Waals surface area contributed by atoms with Crippen molar-refractivity contribution < 1.29 is 19.1 Å². The van der Waals surface area contributed by atoms with E-state index in [1.54, 1.807) is 6.08 Å². The molecule has 0 aliphatic carbocycles. The van der Waals surface area contributed by atoms with Crippen molar-refractivity contribution in [3.63, 3.8) is 0 Å². The molecule has 0 saturated heterocycles. The Bertz CT molecular complexity index is 266. The van der Waals surface area contributed by atoms with Gasteiger partial charge in [-0.2, -0.15) is 0 Å². The minimum absolute atomic E-state index is 0.237. The normalized spacial score (nSPS) is 10.0. The number of hydrogen-bond donors (Lipinski definition) is 0. The third kappa shape index (κ3) is 8.74. The van der Waals surface area contributed by atoms with Gasteiger partial charge >= 0.3 is 11.9 Å². The van der Waals surface area contributed by atoms with Gasteiger partial charge < -0.3 is 9.47 Å². The number of carbonyl (C=O) groups excluding carboxylic acids is 2. The van der Waals surface area contributed by atoms with Crippen LogP contribution < -0.4 is 0 Å². The minimum atomic E-state index is -0.374. The number of esters is 2. The summed E-state index contributed by atoms with van der Waals surface area (Å²) in [5.41, 5.74) is 0.819. The topological polar surface area (TPSA) is 52.6 Å². The maximum atomic E-state index is 10.7. The summed E-state index contributed by atoms with van der Waals surface area (Å²) in [6.07, 6.45) is 4.42. The highest BCUT2D eigenvalue weighted by Crippen LogP contribution is 2.03. The number of hydrogen-bond acceptors (Lipinski definition) is 4. The van der Waals surface area contributed by atoms with E-state index in [1.807, 2.05) is 0 Å². The van der Waals surface area contributed by atoms with Crippen LogP contribution in [0.3, 0.4) is 0 Å². The van der Waals surface area contributed by atoms with Crippen LogP contribution in [0, 0.1) is 0 Å². The van der Waals surface area contributed by atoms with Crippen LogP contribution in [0.15, 0.2) is 24.3 Å². The Balaban J connectivity index is 3.59. The SMILES string of the molecule is C=C(CC/C=C/C(=O)OC)COC(C)=O. The van der Waals surface area contributed by atoms with E-state index < -0.39 is 0 Å². The van der Waals surface area contributed by atoms with Crippen molar-refractivity contribution in [1.82, 2.24) is 0 Å². The van der Waals surface area contributed by atoms with Crippen molar-refractivity contribution >= 4 is 11.9 Å². The van der Waals surface area contributed by atoms with Gasteiger partial charge in [0.1, 0.15) is 6.61 Å². The molecule has 0 atom stereocenters. The van der Waals surface area contributed by atoms with E-state index in [2.05, 4.69) is 11.3 Å². The molecule has 0 spiro atoms. The predicted molar refractivity (Wildman–Crippen MR) is 56.2 cm³/mol. The molecule has 0 unspecified atom stereocenters. The second kappa shape index (κ2) is 7.79. The Morgan fingerprint density at radius 1 is 1.40 bits per heavy atom. The molecular formula is C11H16O4. The number of rotatable bonds is 6. The fraction of sp³-hybridized carbons (Fsp3) is 0.455. The van der Waals surface area contributed by atoms with Crippen LogP contribution in [0.25, 0.3) is 0 Å². The van der Waals surface area contributed by atoms with E-state index in [4.69, 9.17) is 4.74 Å². The first-order valence-electron chi connectivity index (χ1n) is 4.60. The first kappa shape index (κ1) is 13.4. The molecule has 0 rings (SSSR count). The molecule has 15 heavy (non-hydrogen) atoms. The van der Waals surface area contributed by atoms with E-state index in [-0.39, 0.29) is 18.5 Å². The summed E-state index contributed by atoms with van der Waals surface area (Å²) < 4.78 is 9.17. The highest BCUT2D eigenvalue weighted by molar-refractivity contribution is 5.81. The summed E-state index contributed by atoms with van der Waals surface area (Å²) in [6, 6.07) is 0. The zero-order valence-electron chi connectivity index (χ0n) is 9.12. The average molecular weight is 212 g/mol. The lowest BCUT2D eigenvalue weighted by atomic mass is 10.2. The van der Waals surface area contributed by atoms with Crippen LogP contribution >= 0.6 is 0 Å². The largest absolute Gasteiger partial charge is 0.466 e. The van der Waals surface area contributed by atoms with Crippen LogP contribution in [0.5, 0.6) is 0 Å². The van der Waals surface area contributed by atoms with Gasteiger partial charge in [-0.3, -0.25) is 4.79 Å². The van der Waals surface area contributed by atoms with E-state index in [0.717, 1.165) is 5.57 Å². The van der Waals surface area contributed by atoms with Crippen LogP contribution in [0.1, 0.15) is 19.8 Å². The number of allylic oxidation sites excluding steroid dienone is 1. The molecule has 84 valence electrons. The molecule has 0 amide bonds. The zero-order chi connectivity index (χ0) is 11.7. The number of ether oxygens (including phenoxy) is 2. The highest BCUT2D eigenvalue weighted by Gasteiger charge is 1.97. The molecule has 0 N–H and O–H groups in total. The van der Waals surface area contributed by atoms with Crippen LogP contribution in [-0.4, -0.2) is 25.7 Å². The van der Waals surface area contributed by atoms with Gasteiger partial charge in [-0.25, -0.2) is 4.79 Å². The van der Waals surface area contributed by atoms with Crippen molar-refractivity contribution in [3.8, 4) is 0 Å². The predicted octanol–water partition coefficient (Wildman–Crippen LogP) is 1.62. The number of carbonyl (C=O) groups is 2. The molecule has 0 bridgehead atoms. The van der Waals surface area contributed by atoms with E-state index in [0.29, 0.717) is 12.8 Å².